The molecule has 6 nitrogen and oxygen atoms in total. The molecular weight excluding hydrogens is 328 g/mol. The molecule has 3 aromatic rings. The average molecular weight is 350 g/mol. The van der Waals surface area contributed by atoms with Crippen LogP contribution in [0.25, 0.3) is 5.69 Å². The highest BCUT2D eigenvalue weighted by Crippen LogP contribution is 2.28. The molecule has 134 valence electrons. The van der Waals surface area contributed by atoms with Crippen LogP contribution in [0.3, 0.4) is 0 Å². The molecule has 1 heterocycles. The highest BCUT2D eigenvalue weighted by atomic mass is 16.5. The number of hydrogen-bond acceptors (Lipinski definition) is 4. The maximum Gasteiger partial charge on any atom is 0.262 e. The molecule has 0 radical (unpaired) electrons. The molecule has 0 bridgehead atoms. The van der Waals surface area contributed by atoms with E-state index >= 15 is 0 Å². The number of carbonyl (C=O) groups is 1. The molecule has 26 heavy (non-hydrogen) atoms. The quantitative estimate of drug-likeness (QED) is 0.704. The highest BCUT2D eigenvalue weighted by molar-refractivity contribution is 5.93. The Balaban J connectivity index is 1.68. The Morgan fingerprint density at radius 2 is 1.96 bits per heavy atom. The van der Waals surface area contributed by atoms with E-state index in [4.69, 9.17) is 4.74 Å². The highest BCUT2D eigenvalue weighted by Gasteiger charge is 2.12. The predicted octanol–water partition coefficient (Wildman–Crippen LogP) is 3.80. The standard InChI is InChI=1S/C20H22N4O2/c1-3-15(2)16-8-4-7-11-19(16)26-14-20(25)22-17-9-5-6-10-18(17)24-13-12-21-23-24/h4-13,15H,3,14H2,1-2H3,(H,22,25). The second-order valence-corrected chi connectivity index (χ2v) is 6.05. The first-order chi connectivity index (χ1) is 12.7. The van der Waals surface area contributed by atoms with Crippen LogP contribution >= 0.6 is 0 Å². The number of para-hydroxylation sites is 3. The summed E-state index contributed by atoms with van der Waals surface area (Å²) in [5, 5.41) is 10.7. The largest absolute Gasteiger partial charge is 0.483 e. The Morgan fingerprint density at radius 3 is 2.73 bits per heavy atom. The predicted molar refractivity (Wildman–Crippen MR) is 101 cm³/mol. The summed E-state index contributed by atoms with van der Waals surface area (Å²) < 4.78 is 7.38. The summed E-state index contributed by atoms with van der Waals surface area (Å²) in [7, 11) is 0. The molecule has 0 fully saturated rings. The van der Waals surface area contributed by atoms with Crippen molar-refractivity contribution in [3.05, 3.63) is 66.5 Å². The van der Waals surface area contributed by atoms with Crippen LogP contribution in [0.5, 0.6) is 5.75 Å². The maximum atomic E-state index is 12.4. The van der Waals surface area contributed by atoms with Crippen LogP contribution in [0.15, 0.2) is 60.9 Å². The lowest BCUT2D eigenvalue weighted by molar-refractivity contribution is -0.118. The lowest BCUT2D eigenvalue weighted by Gasteiger charge is -2.16. The van der Waals surface area contributed by atoms with Gasteiger partial charge in [-0.1, -0.05) is 49.4 Å². The Kier molecular flexibility index (Phi) is 5.63. The monoisotopic (exact) mass is 350 g/mol. The van der Waals surface area contributed by atoms with Crippen molar-refractivity contribution >= 4 is 11.6 Å². The van der Waals surface area contributed by atoms with Gasteiger partial charge in [-0.15, -0.1) is 5.10 Å². The molecular formula is C20H22N4O2. The number of anilines is 1. The zero-order valence-corrected chi connectivity index (χ0v) is 14.9. The zero-order chi connectivity index (χ0) is 18.4. The van der Waals surface area contributed by atoms with E-state index in [0.29, 0.717) is 11.6 Å². The first-order valence-electron chi connectivity index (χ1n) is 8.66. The molecule has 6 heteroatoms. The SMILES string of the molecule is CCC(C)c1ccccc1OCC(=O)Nc1ccccc1-n1ccnn1. The fraction of sp³-hybridized carbons (Fsp3) is 0.250. The van der Waals surface area contributed by atoms with Crippen LogP contribution in [-0.2, 0) is 4.79 Å². The van der Waals surface area contributed by atoms with Crippen LogP contribution in [0.2, 0.25) is 0 Å². The first-order valence-corrected chi connectivity index (χ1v) is 8.66. The van der Waals surface area contributed by atoms with Crippen molar-refractivity contribution in [1.29, 1.82) is 0 Å². The van der Waals surface area contributed by atoms with Crippen molar-refractivity contribution in [3.8, 4) is 11.4 Å². The molecule has 0 aliphatic heterocycles. The molecule has 1 aromatic heterocycles. The van der Waals surface area contributed by atoms with Crippen molar-refractivity contribution in [3.63, 3.8) is 0 Å². The molecule has 3 rings (SSSR count). The van der Waals surface area contributed by atoms with Gasteiger partial charge in [-0.2, -0.15) is 0 Å². The van der Waals surface area contributed by atoms with Gasteiger partial charge < -0.3 is 10.1 Å². The van der Waals surface area contributed by atoms with Gasteiger partial charge in [-0.25, -0.2) is 4.68 Å². The van der Waals surface area contributed by atoms with E-state index in [2.05, 4.69) is 29.5 Å². The molecule has 0 saturated heterocycles. The smallest absolute Gasteiger partial charge is 0.262 e. The average Bonchev–Trinajstić information content (AvgIpc) is 3.21. The molecule has 2 aromatic carbocycles. The van der Waals surface area contributed by atoms with Crippen LogP contribution in [0.4, 0.5) is 5.69 Å². The Labute approximate surface area is 152 Å². The normalized spacial score (nSPS) is 11.8. The molecule has 0 spiro atoms. The number of benzene rings is 2. The van der Waals surface area contributed by atoms with Gasteiger partial charge in [0.25, 0.3) is 5.91 Å². The summed E-state index contributed by atoms with van der Waals surface area (Å²) in [5.41, 5.74) is 2.52. The molecule has 0 aliphatic rings. The fourth-order valence-electron chi connectivity index (χ4n) is 2.68. The summed E-state index contributed by atoms with van der Waals surface area (Å²) >= 11 is 0. The van der Waals surface area contributed by atoms with Crippen LogP contribution < -0.4 is 10.1 Å². The number of nitrogens with one attached hydrogen (secondary N) is 1. The minimum Gasteiger partial charge on any atom is -0.483 e. The van der Waals surface area contributed by atoms with Crippen molar-refractivity contribution in [2.45, 2.75) is 26.2 Å². The summed E-state index contributed by atoms with van der Waals surface area (Å²) in [5.74, 6) is 0.903. The summed E-state index contributed by atoms with van der Waals surface area (Å²) in [6.07, 6.45) is 4.33. The van der Waals surface area contributed by atoms with Crippen LogP contribution in [-0.4, -0.2) is 27.5 Å². The lowest BCUT2D eigenvalue weighted by Crippen LogP contribution is -2.21. The van der Waals surface area contributed by atoms with Crippen LogP contribution in [0.1, 0.15) is 31.7 Å². The number of nitrogens with zero attached hydrogens (tertiary/aromatic N) is 3. The van der Waals surface area contributed by atoms with Crippen molar-refractivity contribution < 1.29 is 9.53 Å². The second-order valence-electron chi connectivity index (χ2n) is 6.05. The van der Waals surface area contributed by atoms with E-state index in [1.165, 1.54) is 0 Å². The summed E-state index contributed by atoms with van der Waals surface area (Å²) in [4.78, 5) is 12.4. The van der Waals surface area contributed by atoms with E-state index in [1.54, 1.807) is 17.1 Å². The summed E-state index contributed by atoms with van der Waals surface area (Å²) in [6.45, 7) is 4.23. The van der Waals surface area contributed by atoms with E-state index in [1.807, 2.05) is 48.5 Å². The van der Waals surface area contributed by atoms with Gasteiger partial charge in [0.05, 0.1) is 23.8 Å². The van der Waals surface area contributed by atoms with Gasteiger partial charge in [0.1, 0.15) is 5.75 Å². The van der Waals surface area contributed by atoms with Gasteiger partial charge in [-0.05, 0) is 36.1 Å². The second kappa shape index (κ2) is 8.29. The van der Waals surface area contributed by atoms with Crippen LogP contribution in [0, 0.1) is 0 Å². The third-order valence-electron chi connectivity index (χ3n) is 4.27. The molecule has 1 unspecified atom stereocenters. The Morgan fingerprint density at radius 1 is 1.19 bits per heavy atom. The molecule has 0 saturated carbocycles. The number of rotatable bonds is 7. The number of ether oxygens (including phenoxy) is 1. The molecule has 0 aliphatic carbocycles. The zero-order valence-electron chi connectivity index (χ0n) is 14.9. The minimum atomic E-state index is -0.225. The summed E-state index contributed by atoms with van der Waals surface area (Å²) in [6, 6.07) is 15.3. The first kappa shape index (κ1) is 17.7. The molecule has 1 atom stereocenters. The van der Waals surface area contributed by atoms with Gasteiger partial charge in [0.15, 0.2) is 6.61 Å². The third-order valence-corrected chi connectivity index (χ3v) is 4.27. The van der Waals surface area contributed by atoms with Gasteiger partial charge >= 0.3 is 0 Å². The lowest BCUT2D eigenvalue weighted by atomic mass is 9.98. The Hall–Kier alpha value is -3.15. The number of hydrogen-bond donors (Lipinski definition) is 1. The van der Waals surface area contributed by atoms with E-state index in [0.717, 1.165) is 23.4 Å². The van der Waals surface area contributed by atoms with E-state index < -0.39 is 0 Å². The fourth-order valence-corrected chi connectivity index (χ4v) is 2.68. The van der Waals surface area contributed by atoms with E-state index in [9.17, 15) is 4.79 Å². The molecule has 1 N–H and O–H groups in total. The van der Waals surface area contributed by atoms with Gasteiger partial charge in [-0.3, -0.25) is 4.79 Å². The number of amides is 1. The Bertz CT molecular complexity index is 862. The number of carbonyl (C=O) groups excluding carboxylic acids is 1. The van der Waals surface area contributed by atoms with Gasteiger partial charge in [0, 0.05) is 0 Å². The molecule has 1 amide bonds. The van der Waals surface area contributed by atoms with Gasteiger partial charge in [0.2, 0.25) is 0 Å². The maximum absolute atomic E-state index is 12.4. The third kappa shape index (κ3) is 4.08. The van der Waals surface area contributed by atoms with Crippen molar-refractivity contribution in [2.75, 3.05) is 11.9 Å². The minimum absolute atomic E-state index is 0.0564. The van der Waals surface area contributed by atoms with E-state index in [-0.39, 0.29) is 12.5 Å². The topological polar surface area (TPSA) is 69.0 Å². The van der Waals surface area contributed by atoms with Crippen molar-refractivity contribution in [2.24, 2.45) is 0 Å². The van der Waals surface area contributed by atoms with Crippen molar-refractivity contribution in [1.82, 2.24) is 15.0 Å². The number of aromatic nitrogens is 3.